The van der Waals surface area contributed by atoms with Gasteiger partial charge in [-0.25, -0.2) is 0 Å². The lowest BCUT2D eigenvalue weighted by atomic mass is 9.70. The summed E-state index contributed by atoms with van der Waals surface area (Å²) in [5.41, 5.74) is 5.27. The highest BCUT2D eigenvalue weighted by molar-refractivity contribution is 5.96. The second kappa shape index (κ2) is 7.72. The topological polar surface area (TPSA) is 30.0 Å². The summed E-state index contributed by atoms with van der Waals surface area (Å²) >= 11 is 0. The molecule has 0 saturated heterocycles. The lowest BCUT2D eigenvalue weighted by Gasteiger charge is -2.34. The maximum Gasteiger partial charge on any atom is 0.158 e. The molecule has 0 N–H and O–H groups in total. The first-order valence-corrected chi connectivity index (χ1v) is 8.68. The van der Waals surface area contributed by atoms with E-state index in [0.717, 1.165) is 37.7 Å². The molecule has 0 saturated carbocycles. The predicted octanol–water partition coefficient (Wildman–Crippen LogP) is 5.45. The molecular formula is C21H29NO. The highest BCUT2D eigenvalue weighted by Crippen LogP contribution is 2.41. The van der Waals surface area contributed by atoms with Crippen LogP contribution in [0.1, 0.15) is 65.4 Å². The van der Waals surface area contributed by atoms with Crippen molar-refractivity contribution in [2.75, 3.05) is 0 Å². The summed E-state index contributed by atoms with van der Waals surface area (Å²) in [5.74, 6) is 0.345. The average molecular weight is 311 g/mol. The molecule has 0 radical (unpaired) electrons. The minimum absolute atomic E-state index is 0.175. The molecule has 0 unspecified atom stereocenters. The maximum absolute atomic E-state index is 12.0. The summed E-state index contributed by atoms with van der Waals surface area (Å²) in [4.78, 5) is 16.1. The second-order valence-electron chi connectivity index (χ2n) is 7.36. The molecule has 0 aromatic carbocycles. The monoisotopic (exact) mass is 311 g/mol. The highest BCUT2D eigenvalue weighted by Gasteiger charge is 2.31. The molecule has 0 aliphatic heterocycles. The number of carbonyl (C=O) groups is 1. The molecule has 1 aliphatic carbocycles. The number of nitrogens with zero attached hydrogens (tertiary/aromatic N) is 1. The number of ketones is 1. The normalized spacial score (nSPS) is 18.4. The van der Waals surface area contributed by atoms with Crippen LogP contribution < -0.4 is 0 Å². The van der Waals surface area contributed by atoms with Crippen LogP contribution >= 0.6 is 0 Å². The van der Waals surface area contributed by atoms with E-state index in [9.17, 15) is 4.79 Å². The Bertz CT molecular complexity index is 608. The van der Waals surface area contributed by atoms with Gasteiger partial charge in [-0.1, -0.05) is 37.1 Å². The first-order chi connectivity index (χ1) is 10.9. The van der Waals surface area contributed by atoms with Gasteiger partial charge in [-0.15, -0.1) is 0 Å². The molecule has 0 amide bonds. The van der Waals surface area contributed by atoms with Gasteiger partial charge in [-0.2, -0.15) is 0 Å². The molecule has 0 bridgehead atoms. The van der Waals surface area contributed by atoms with Crippen LogP contribution in [0.5, 0.6) is 0 Å². The van der Waals surface area contributed by atoms with Crippen molar-refractivity contribution < 1.29 is 4.79 Å². The van der Waals surface area contributed by atoms with Gasteiger partial charge in [0.25, 0.3) is 0 Å². The Kier molecular flexibility index (Phi) is 5.92. The first-order valence-electron chi connectivity index (χ1n) is 8.68. The molecule has 0 spiro atoms. The fourth-order valence-corrected chi connectivity index (χ4v) is 3.42. The first kappa shape index (κ1) is 17.7. The Labute approximate surface area is 140 Å². The second-order valence-corrected chi connectivity index (χ2v) is 7.36. The van der Waals surface area contributed by atoms with Crippen molar-refractivity contribution >= 4 is 5.78 Å². The largest absolute Gasteiger partial charge is 0.295 e. The molecule has 1 heterocycles. The molecule has 0 atom stereocenters. The van der Waals surface area contributed by atoms with Crippen LogP contribution in [0.25, 0.3) is 0 Å². The molecule has 2 nitrogen and oxygen atoms in total. The zero-order chi connectivity index (χ0) is 16.9. The molecule has 2 heteroatoms. The Morgan fingerprint density at radius 2 is 2.13 bits per heavy atom. The van der Waals surface area contributed by atoms with E-state index >= 15 is 0 Å². The number of aromatic nitrogens is 1. The fourth-order valence-electron chi connectivity index (χ4n) is 3.42. The maximum atomic E-state index is 12.0. The van der Waals surface area contributed by atoms with Crippen molar-refractivity contribution in [3.05, 3.63) is 52.9 Å². The van der Waals surface area contributed by atoms with Gasteiger partial charge < -0.3 is 0 Å². The number of rotatable bonds is 6. The number of hydrogen-bond donors (Lipinski definition) is 0. The predicted molar refractivity (Wildman–Crippen MR) is 96.3 cm³/mol. The van der Waals surface area contributed by atoms with Crippen LogP contribution in [-0.2, 0) is 11.2 Å². The summed E-state index contributed by atoms with van der Waals surface area (Å²) in [7, 11) is 0. The number of Topliss-reactive ketones (excluding diaryl/α,β-unsaturated/α-hetero) is 1. The third-order valence-electron chi connectivity index (χ3n) is 5.08. The molecule has 1 aliphatic rings. The zero-order valence-corrected chi connectivity index (χ0v) is 15.0. The zero-order valence-electron chi connectivity index (χ0n) is 15.0. The van der Waals surface area contributed by atoms with Gasteiger partial charge >= 0.3 is 0 Å². The lowest BCUT2D eigenvalue weighted by molar-refractivity contribution is -0.116. The van der Waals surface area contributed by atoms with E-state index in [4.69, 9.17) is 0 Å². The van der Waals surface area contributed by atoms with Crippen LogP contribution in [-0.4, -0.2) is 10.8 Å². The Balaban J connectivity index is 1.90. The lowest BCUT2D eigenvalue weighted by Crippen LogP contribution is -2.25. The molecule has 1 aromatic heterocycles. The van der Waals surface area contributed by atoms with Gasteiger partial charge in [-0.05, 0) is 68.6 Å². The van der Waals surface area contributed by atoms with Gasteiger partial charge in [0, 0.05) is 18.8 Å². The van der Waals surface area contributed by atoms with Gasteiger partial charge in [0.2, 0.25) is 0 Å². The number of allylic oxidation sites excluding steroid dienone is 4. The Morgan fingerprint density at radius 1 is 1.35 bits per heavy atom. The SMILES string of the molecule is CC1=C(CC/C(C)=C/CCc2cccnc2)C(C)(C)CCC1=O. The molecule has 0 fully saturated rings. The van der Waals surface area contributed by atoms with Crippen LogP contribution in [0.4, 0.5) is 0 Å². The summed E-state index contributed by atoms with van der Waals surface area (Å²) in [6, 6.07) is 4.11. The van der Waals surface area contributed by atoms with Crippen molar-refractivity contribution in [1.82, 2.24) is 4.98 Å². The highest BCUT2D eigenvalue weighted by atomic mass is 16.1. The van der Waals surface area contributed by atoms with Crippen molar-refractivity contribution in [2.24, 2.45) is 5.41 Å². The van der Waals surface area contributed by atoms with Crippen molar-refractivity contribution in [1.29, 1.82) is 0 Å². The standard InChI is InChI=1S/C21H29NO/c1-16(7-5-8-18-9-6-14-22-15-18)10-11-19-17(2)20(23)12-13-21(19,3)4/h6-7,9,14-15H,5,8,10-13H2,1-4H3/b16-7+. The van der Waals surface area contributed by atoms with E-state index in [1.165, 1.54) is 16.7 Å². The Morgan fingerprint density at radius 3 is 2.83 bits per heavy atom. The van der Waals surface area contributed by atoms with E-state index in [0.29, 0.717) is 12.2 Å². The minimum Gasteiger partial charge on any atom is -0.295 e. The average Bonchev–Trinajstić information content (AvgIpc) is 2.52. The number of aryl methyl sites for hydroxylation is 1. The Hall–Kier alpha value is -1.70. The minimum atomic E-state index is 0.175. The third-order valence-corrected chi connectivity index (χ3v) is 5.08. The number of carbonyl (C=O) groups excluding carboxylic acids is 1. The van der Waals surface area contributed by atoms with Gasteiger partial charge in [0.05, 0.1) is 0 Å². The third kappa shape index (κ3) is 4.89. The van der Waals surface area contributed by atoms with Gasteiger partial charge in [0.1, 0.15) is 0 Å². The van der Waals surface area contributed by atoms with Crippen LogP contribution in [0.15, 0.2) is 47.3 Å². The van der Waals surface area contributed by atoms with Crippen molar-refractivity contribution in [3.8, 4) is 0 Å². The molecule has 2 rings (SSSR count). The fraction of sp³-hybridized carbons (Fsp3) is 0.524. The van der Waals surface area contributed by atoms with Crippen LogP contribution in [0, 0.1) is 5.41 Å². The summed E-state index contributed by atoms with van der Waals surface area (Å²) < 4.78 is 0. The van der Waals surface area contributed by atoms with Crippen LogP contribution in [0.3, 0.4) is 0 Å². The summed E-state index contributed by atoms with van der Waals surface area (Å²) in [5, 5.41) is 0. The number of pyridine rings is 1. The molecular weight excluding hydrogens is 282 g/mol. The van der Waals surface area contributed by atoms with E-state index < -0.39 is 0 Å². The molecule has 1 aromatic rings. The van der Waals surface area contributed by atoms with Crippen LogP contribution in [0.2, 0.25) is 0 Å². The van der Waals surface area contributed by atoms with E-state index in [-0.39, 0.29) is 5.41 Å². The van der Waals surface area contributed by atoms with E-state index in [1.807, 2.05) is 25.4 Å². The summed E-state index contributed by atoms with van der Waals surface area (Å²) in [6.45, 7) is 8.77. The molecule has 124 valence electrons. The van der Waals surface area contributed by atoms with Gasteiger partial charge in [0.15, 0.2) is 5.78 Å². The quantitative estimate of drug-likeness (QED) is 0.654. The number of hydrogen-bond acceptors (Lipinski definition) is 2. The van der Waals surface area contributed by atoms with E-state index in [1.54, 1.807) is 0 Å². The van der Waals surface area contributed by atoms with Crippen molar-refractivity contribution in [2.45, 2.75) is 66.2 Å². The van der Waals surface area contributed by atoms with Gasteiger partial charge in [-0.3, -0.25) is 9.78 Å². The van der Waals surface area contributed by atoms with Crippen molar-refractivity contribution in [3.63, 3.8) is 0 Å². The summed E-state index contributed by atoms with van der Waals surface area (Å²) in [6.07, 6.45) is 11.9. The van der Waals surface area contributed by atoms with E-state index in [2.05, 4.69) is 37.9 Å². The molecule has 23 heavy (non-hydrogen) atoms. The smallest absolute Gasteiger partial charge is 0.158 e.